The van der Waals surface area contributed by atoms with Crippen LogP contribution in [0.1, 0.15) is 25.6 Å². The van der Waals surface area contributed by atoms with E-state index in [0.29, 0.717) is 30.9 Å². The molecule has 3 rings (SSSR count). The number of hydrogen-bond donors (Lipinski definition) is 1. The van der Waals surface area contributed by atoms with Crippen molar-refractivity contribution in [2.24, 2.45) is 0 Å². The smallest absolute Gasteiger partial charge is 0.257 e. The molecule has 0 unspecified atom stereocenters. The molecule has 1 saturated carbocycles. The summed E-state index contributed by atoms with van der Waals surface area (Å²) in [7, 11) is 0. The predicted octanol–water partition coefficient (Wildman–Crippen LogP) is 2.39. The molecule has 1 N–H and O–H groups in total. The topological polar surface area (TPSA) is 60.2 Å². The van der Waals surface area contributed by atoms with Gasteiger partial charge in [-0.1, -0.05) is 5.16 Å². The zero-order valence-corrected chi connectivity index (χ0v) is 10.9. The summed E-state index contributed by atoms with van der Waals surface area (Å²) < 4.78 is 10.7. The van der Waals surface area contributed by atoms with Gasteiger partial charge in [-0.15, -0.1) is 0 Å². The van der Waals surface area contributed by atoms with Gasteiger partial charge in [-0.05, 0) is 44.0 Å². The van der Waals surface area contributed by atoms with Crippen molar-refractivity contribution >= 4 is 0 Å². The Hall–Kier alpha value is -1.88. The van der Waals surface area contributed by atoms with Crippen LogP contribution in [0.5, 0.6) is 5.75 Å². The van der Waals surface area contributed by atoms with Crippen LogP contribution >= 0.6 is 0 Å². The molecule has 0 bridgehead atoms. The summed E-state index contributed by atoms with van der Waals surface area (Å²) in [5, 5.41) is 7.33. The number of ether oxygens (including phenoxy) is 1. The zero-order valence-electron chi connectivity index (χ0n) is 10.9. The molecule has 1 aliphatic rings. The minimum Gasteiger partial charge on any atom is -0.494 e. The molecule has 1 aromatic heterocycles. The van der Waals surface area contributed by atoms with Crippen molar-refractivity contribution in [3.05, 3.63) is 30.1 Å². The first-order chi connectivity index (χ1) is 9.35. The summed E-state index contributed by atoms with van der Waals surface area (Å²) in [6.45, 7) is 3.30. The first-order valence-electron chi connectivity index (χ1n) is 6.64. The van der Waals surface area contributed by atoms with Crippen molar-refractivity contribution in [3.8, 4) is 17.2 Å². The summed E-state index contributed by atoms with van der Waals surface area (Å²) >= 11 is 0. The molecule has 2 aromatic rings. The maximum absolute atomic E-state index is 5.40. The van der Waals surface area contributed by atoms with Gasteiger partial charge in [-0.2, -0.15) is 4.98 Å². The van der Waals surface area contributed by atoms with E-state index >= 15 is 0 Å². The van der Waals surface area contributed by atoms with Gasteiger partial charge in [-0.3, -0.25) is 0 Å². The number of benzene rings is 1. The van der Waals surface area contributed by atoms with Crippen LogP contribution in [0.4, 0.5) is 0 Å². The molecule has 0 spiro atoms. The Morgan fingerprint density at radius 1 is 1.32 bits per heavy atom. The Kier molecular flexibility index (Phi) is 3.46. The standard InChI is InChI=1S/C14H17N3O2/c1-2-18-12-7-3-10(4-8-12)14-16-13(17-19-14)9-15-11-5-6-11/h3-4,7-8,11,15H,2,5-6,9H2,1H3. The lowest BCUT2D eigenvalue weighted by Gasteiger charge is -2.02. The third kappa shape index (κ3) is 3.12. The lowest BCUT2D eigenvalue weighted by atomic mass is 10.2. The summed E-state index contributed by atoms with van der Waals surface area (Å²) in [6.07, 6.45) is 2.51. The Morgan fingerprint density at radius 3 is 2.79 bits per heavy atom. The molecule has 1 fully saturated rings. The normalized spacial score (nSPS) is 14.6. The first kappa shape index (κ1) is 12.2. The summed E-state index contributed by atoms with van der Waals surface area (Å²) in [4.78, 5) is 4.37. The van der Waals surface area contributed by atoms with Crippen LogP contribution in [-0.2, 0) is 6.54 Å². The van der Waals surface area contributed by atoms with Gasteiger partial charge in [0.1, 0.15) is 5.75 Å². The van der Waals surface area contributed by atoms with Crippen LogP contribution in [0.15, 0.2) is 28.8 Å². The molecule has 0 saturated heterocycles. The van der Waals surface area contributed by atoms with E-state index in [2.05, 4.69) is 15.5 Å². The van der Waals surface area contributed by atoms with Crippen LogP contribution in [0.25, 0.3) is 11.5 Å². The molecule has 1 heterocycles. The van der Waals surface area contributed by atoms with E-state index < -0.39 is 0 Å². The summed E-state index contributed by atoms with van der Waals surface area (Å²) in [5.74, 6) is 2.10. The van der Waals surface area contributed by atoms with Gasteiger partial charge in [0.25, 0.3) is 5.89 Å². The zero-order chi connectivity index (χ0) is 13.1. The van der Waals surface area contributed by atoms with Gasteiger partial charge in [0, 0.05) is 11.6 Å². The Morgan fingerprint density at radius 2 is 2.11 bits per heavy atom. The third-order valence-corrected chi connectivity index (χ3v) is 3.01. The number of aromatic nitrogens is 2. The van der Waals surface area contributed by atoms with E-state index in [1.54, 1.807) is 0 Å². The van der Waals surface area contributed by atoms with Crippen LogP contribution in [-0.4, -0.2) is 22.8 Å². The monoisotopic (exact) mass is 259 g/mol. The van der Waals surface area contributed by atoms with Crippen molar-refractivity contribution in [1.82, 2.24) is 15.5 Å². The van der Waals surface area contributed by atoms with Crippen molar-refractivity contribution in [2.45, 2.75) is 32.4 Å². The Balaban J connectivity index is 1.66. The fraction of sp³-hybridized carbons (Fsp3) is 0.429. The second-order valence-corrected chi connectivity index (χ2v) is 4.63. The molecule has 0 atom stereocenters. The fourth-order valence-electron chi connectivity index (χ4n) is 1.83. The van der Waals surface area contributed by atoms with Gasteiger partial charge in [0.05, 0.1) is 13.2 Å². The molecule has 1 aromatic carbocycles. The number of rotatable bonds is 6. The number of nitrogens with zero attached hydrogens (tertiary/aromatic N) is 2. The average molecular weight is 259 g/mol. The van der Waals surface area contributed by atoms with Gasteiger partial charge in [0.15, 0.2) is 5.82 Å². The molecule has 0 radical (unpaired) electrons. The van der Waals surface area contributed by atoms with E-state index in [-0.39, 0.29) is 0 Å². The molecule has 5 heteroatoms. The van der Waals surface area contributed by atoms with Crippen LogP contribution < -0.4 is 10.1 Å². The van der Waals surface area contributed by atoms with Crippen LogP contribution in [0, 0.1) is 0 Å². The van der Waals surface area contributed by atoms with Crippen LogP contribution in [0.2, 0.25) is 0 Å². The van der Waals surface area contributed by atoms with Crippen molar-refractivity contribution < 1.29 is 9.26 Å². The maximum Gasteiger partial charge on any atom is 0.257 e. The SMILES string of the molecule is CCOc1ccc(-c2nc(CNC3CC3)no2)cc1. The minimum atomic E-state index is 0.552. The molecule has 1 aliphatic carbocycles. The molecular weight excluding hydrogens is 242 g/mol. The molecule has 5 nitrogen and oxygen atoms in total. The molecule has 19 heavy (non-hydrogen) atoms. The van der Waals surface area contributed by atoms with E-state index in [9.17, 15) is 0 Å². The second kappa shape index (κ2) is 5.40. The predicted molar refractivity (Wildman–Crippen MR) is 70.8 cm³/mol. The van der Waals surface area contributed by atoms with E-state index in [1.165, 1.54) is 12.8 Å². The summed E-state index contributed by atoms with van der Waals surface area (Å²) in [6, 6.07) is 8.32. The van der Waals surface area contributed by atoms with Crippen molar-refractivity contribution in [1.29, 1.82) is 0 Å². The Bertz CT molecular complexity index is 532. The van der Waals surface area contributed by atoms with Gasteiger partial charge < -0.3 is 14.6 Å². The molecule has 0 amide bonds. The first-order valence-corrected chi connectivity index (χ1v) is 6.64. The third-order valence-electron chi connectivity index (χ3n) is 3.01. The van der Waals surface area contributed by atoms with E-state index in [0.717, 1.165) is 11.3 Å². The fourth-order valence-corrected chi connectivity index (χ4v) is 1.83. The highest BCUT2D eigenvalue weighted by Crippen LogP contribution is 2.22. The minimum absolute atomic E-state index is 0.552. The van der Waals surface area contributed by atoms with Gasteiger partial charge in [-0.25, -0.2) is 0 Å². The largest absolute Gasteiger partial charge is 0.494 e. The molecule has 100 valence electrons. The second-order valence-electron chi connectivity index (χ2n) is 4.63. The highest BCUT2D eigenvalue weighted by Gasteiger charge is 2.21. The van der Waals surface area contributed by atoms with E-state index in [4.69, 9.17) is 9.26 Å². The van der Waals surface area contributed by atoms with Crippen molar-refractivity contribution in [2.75, 3.05) is 6.61 Å². The van der Waals surface area contributed by atoms with E-state index in [1.807, 2.05) is 31.2 Å². The average Bonchev–Trinajstić information content (AvgIpc) is 3.15. The highest BCUT2D eigenvalue weighted by molar-refractivity contribution is 5.54. The number of hydrogen-bond acceptors (Lipinski definition) is 5. The summed E-state index contributed by atoms with van der Waals surface area (Å²) in [5.41, 5.74) is 0.911. The van der Waals surface area contributed by atoms with Crippen molar-refractivity contribution in [3.63, 3.8) is 0 Å². The molecular formula is C14H17N3O2. The lowest BCUT2D eigenvalue weighted by molar-refractivity contribution is 0.340. The quantitative estimate of drug-likeness (QED) is 0.863. The number of nitrogens with one attached hydrogen (secondary N) is 1. The van der Waals surface area contributed by atoms with Gasteiger partial charge >= 0.3 is 0 Å². The Labute approximate surface area is 112 Å². The lowest BCUT2D eigenvalue weighted by Crippen LogP contribution is -2.16. The highest BCUT2D eigenvalue weighted by atomic mass is 16.5. The maximum atomic E-state index is 5.40. The van der Waals surface area contributed by atoms with Crippen LogP contribution in [0.3, 0.4) is 0 Å². The molecule has 0 aliphatic heterocycles. The van der Waals surface area contributed by atoms with Gasteiger partial charge in [0.2, 0.25) is 0 Å².